The summed E-state index contributed by atoms with van der Waals surface area (Å²) in [7, 11) is -3.22. The third-order valence-electron chi connectivity index (χ3n) is 7.16. The Bertz CT molecular complexity index is 1100. The maximum atomic E-state index is 12.6. The minimum Gasteiger partial charge on any atom is -0.440 e. The summed E-state index contributed by atoms with van der Waals surface area (Å²) in [5.41, 5.74) is 1.85. The minimum absolute atomic E-state index is 0.000696. The quantitative estimate of drug-likeness (QED) is 0.702. The number of carbonyl (C=O) groups is 1. The van der Waals surface area contributed by atoms with Crippen molar-refractivity contribution in [3.8, 4) is 0 Å². The normalized spacial score (nSPS) is 31.0. The van der Waals surface area contributed by atoms with E-state index in [0.717, 1.165) is 42.7 Å². The Kier molecular flexibility index (Phi) is 5.30. The van der Waals surface area contributed by atoms with Crippen LogP contribution in [-0.4, -0.2) is 48.5 Å². The number of rotatable bonds is 6. The molecule has 1 spiro atoms. The number of nitrogens with one attached hydrogen (secondary N) is 1. The van der Waals surface area contributed by atoms with Gasteiger partial charge in [0, 0.05) is 30.1 Å². The number of oxazole rings is 1. The van der Waals surface area contributed by atoms with Gasteiger partial charge >= 0.3 is 0 Å². The number of amides is 1. The number of fused-ring (bicyclic) bond motifs is 1. The van der Waals surface area contributed by atoms with Gasteiger partial charge in [-0.1, -0.05) is 18.5 Å². The Balaban J connectivity index is 1.10. The van der Waals surface area contributed by atoms with Crippen LogP contribution in [0.15, 0.2) is 22.6 Å². The van der Waals surface area contributed by atoms with Crippen LogP contribution < -0.4 is 5.32 Å². The summed E-state index contributed by atoms with van der Waals surface area (Å²) in [6, 6.07) is 5.68. The summed E-state index contributed by atoms with van der Waals surface area (Å²) < 4.78 is 31.8. The first-order valence-corrected chi connectivity index (χ1v) is 13.1. The molecule has 168 valence electrons. The highest BCUT2D eigenvalue weighted by atomic mass is 35.5. The van der Waals surface area contributed by atoms with E-state index in [-0.39, 0.29) is 29.0 Å². The van der Waals surface area contributed by atoms with Gasteiger partial charge in [0.2, 0.25) is 15.9 Å². The summed E-state index contributed by atoms with van der Waals surface area (Å²) in [6.07, 6.45) is 5.23. The predicted molar refractivity (Wildman–Crippen MR) is 118 cm³/mol. The largest absolute Gasteiger partial charge is 0.440 e. The fourth-order valence-corrected chi connectivity index (χ4v) is 7.31. The van der Waals surface area contributed by atoms with Crippen LogP contribution in [-0.2, 0) is 14.8 Å². The van der Waals surface area contributed by atoms with E-state index >= 15 is 0 Å². The first-order valence-electron chi connectivity index (χ1n) is 11.1. The Morgan fingerprint density at radius 2 is 2.10 bits per heavy atom. The maximum absolute atomic E-state index is 12.6. The second-order valence-electron chi connectivity index (χ2n) is 9.54. The summed E-state index contributed by atoms with van der Waals surface area (Å²) >= 11 is 6.03. The molecule has 2 aliphatic carbocycles. The van der Waals surface area contributed by atoms with Gasteiger partial charge in [-0.25, -0.2) is 17.7 Å². The van der Waals surface area contributed by atoms with Crippen molar-refractivity contribution >= 4 is 38.6 Å². The smallest absolute Gasteiger partial charge is 0.224 e. The lowest BCUT2D eigenvalue weighted by atomic mass is 9.50. The lowest BCUT2D eigenvalue weighted by Gasteiger charge is -2.57. The number of carbonyl (C=O) groups excluding carboxylic acids is 1. The summed E-state index contributed by atoms with van der Waals surface area (Å²) in [5, 5.41) is 3.81. The average molecular weight is 466 g/mol. The highest BCUT2D eigenvalue weighted by Crippen LogP contribution is 2.61. The first-order chi connectivity index (χ1) is 14.8. The van der Waals surface area contributed by atoms with Gasteiger partial charge in [0.1, 0.15) is 5.52 Å². The molecule has 1 aromatic carbocycles. The number of aromatic nitrogens is 1. The van der Waals surface area contributed by atoms with Gasteiger partial charge in [0.15, 0.2) is 11.5 Å². The molecule has 31 heavy (non-hydrogen) atoms. The zero-order valence-electron chi connectivity index (χ0n) is 17.6. The molecule has 1 aliphatic heterocycles. The number of halogens is 1. The van der Waals surface area contributed by atoms with Crippen molar-refractivity contribution in [1.82, 2.24) is 14.6 Å². The molecule has 1 unspecified atom stereocenters. The average Bonchev–Trinajstić information content (AvgIpc) is 3.29. The van der Waals surface area contributed by atoms with Crippen molar-refractivity contribution < 1.29 is 17.6 Å². The first kappa shape index (κ1) is 21.2. The molecule has 0 bridgehead atoms. The van der Waals surface area contributed by atoms with E-state index in [9.17, 15) is 13.2 Å². The molecule has 3 aliphatic rings. The Morgan fingerprint density at radius 1 is 1.32 bits per heavy atom. The van der Waals surface area contributed by atoms with Crippen molar-refractivity contribution in [2.45, 2.75) is 57.4 Å². The molecule has 7 nitrogen and oxygen atoms in total. The van der Waals surface area contributed by atoms with E-state index in [0.29, 0.717) is 36.9 Å². The number of benzene rings is 1. The van der Waals surface area contributed by atoms with Crippen molar-refractivity contribution in [3.63, 3.8) is 0 Å². The van der Waals surface area contributed by atoms with Gasteiger partial charge in [-0.2, -0.15) is 0 Å². The van der Waals surface area contributed by atoms with Crippen molar-refractivity contribution in [2.75, 3.05) is 18.8 Å². The summed E-state index contributed by atoms with van der Waals surface area (Å²) in [5.74, 6) is 1.04. The van der Waals surface area contributed by atoms with E-state index in [4.69, 9.17) is 16.0 Å². The number of hydrogen-bond donors (Lipinski definition) is 1. The Labute approximate surface area is 187 Å². The lowest BCUT2D eigenvalue weighted by molar-refractivity contribution is -0.128. The Hall–Kier alpha value is -1.64. The van der Waals surface area contributed by atoms with Crippen LogP contribution in [0.25, 0.3) is 11.1 Å². The molecule has 1 amide bonds. The highest BCUT2D eigenvalue weighted by molar-refractivity contribution is 7.89. The van der Waals surface area contributed by atoms with Crippen molar-refractivity contribution in [2.24, 2.45) is 11.3 Å². The van der Waals surface area contributed by atoms with Crippen molar-refractivity contribution in [3.05, 3.63) is 29.1 Å². The van der Waals surface area contributed by atoms with Gasteiger partial charge in [0.05, 0.1) is 11.7 Å². The van der Waals surface area contributed by atoms with Gasteiger partial charge in [-0.15, -0.1) is 0 Å². The molecule has 2 heterocycles. The second kappa shape index (κ2) is 7.74. The third-order valence-corrected chi connectivity index (χ3v) is 9.43. The molecular weight excluding hydrogens is 438 g/mol. The fraction of sp³-hybridized carbons (Fsp3) is 0.636. The van der Waals surface area contributed by atoms with E-state index in [1.54, 1.807) is 0 Å². The summed E-state index contributed by atoms with van der Waals surface area (Å²) in [4.78, 5) is 17.2. The molecule has 5 rings (SSSR count). The molecule has 3 fully saturated rings. The van der Waals surface area contributed by atoms with E-state index in [1.807, 2.05) is 25.1 Å². The summed E-state index contributed by atoms with van der Waals surface area (Å²) in [6.45, 7) is 2.62. The SMILES string of the molecule is CCCS(=O)(=O)N1CCC(C(=O)NC2CC3(C2)CC(c2nc4cc(Cl)ccc4o2)C3)C1. The van der Waals surface area contributed by atoms with Crippen LogP contribution in [0.5, 0.6) is 0 Å². The van der Waals surface area contributed by atoms with Gasteiger partial charge in [0.25, 0.3) is 0 Å². The van der Waals surface area contributed by atoms with Crippen LogP contribution in [0.2, 0.25) is 5.02 Å². The lowest BCUT2D eigenvalue weighted by Crippen LogP contribution is -2.56. The van der Waals surface area contributed by atoms with Crippen LogP contribution in [0.3, 0.4) is 0 Å². The van der Waals surface area contributed by atoms with Gasteiger partial charge in [-0.05, 0) is 62.1 Å². The molecule has 9 heteroatoms. The van der Waals surface area contributed by atoms with E-state index in [1.165, 1.54) is 4.31 Å². The second-order valence-corrected chi connectivity index (χ2v) is 12.1. The van der Waals surface area contributed by atoms with E-state index in [2.05, 4.69) is 10.3 Å². The molecule has 2 saturated carbocycles. The molecule has 0 radical (unpaired) electrons. The minimum atomic E-state index is -3.22. The van der Waals surface area contributed by atoms with Crippen molar-refractivity contribution in [1.29, 1.82) is 0 Å². The molecule has 1 aromatic heterocycles. The molecule has 1 saturated heterocycles. The monoisotopic (exact) mass is 465 g/mol. The molecule has 1 N–H and O–H groups in total. The van der Waals surface area contributed by atoms with E-state index < -0.39 is 10.0 Å². The van der Waals surface area contributed by atoms with Gasteiger partial charge < -0.3 is 9.73 Å². The molecular formula is C22H28ClN3O4S. The number of sulfonamides is 1. The number of hydrogen-bond acceptors (Lipinski definition) is 5. The maximum Gasteiger partial charge on any atom is 0.224 e. The third kappa shape index (κ3) is 3.98. The fourth-order valence-electron chi connectivity index (χ4n) is 5.58. The zero-order valence-corrected chi connectivity index (χ0v) is 19.2. The topological polar surface area (TPSA) is 92.5 Å². The standard InChI is InChI=1S/C22H28ClN3O4S/c1-2-7-31(28,29)26-6-5-14(13-26)20(27)24-17-11-22(12-17)9-15(10-22)21-25-18-8-16(23)3-4-19(18)30-21/h3-4,8,14-15,17H,2,5-7,9-13H2,1H3,(H,24,27). The van der Waals surface area contributed by atoms with Crippen LogP contribution in [0, 0.1) is 11.3 Å². The molecule has 2 aromatic rings. The molecule has 1 atom stereocenters. The van der Waals surface area contributed by atoms with Crippen LogP contribution in [0.4, 0.5) is 0 Å². The number of nitrogens with zero attached hydrogens (tertiary/aromatic N) is 2. The Morgan fingerprint density at radius 3 is 2.84 bits per heavy atom. The predicted octanol–water partition coefficient (Wildman–Crippen LogP) is 3.69. The van der Waals surface area contributed by atoms with Gasteiger partial charge in [-0.3, -0.25) is 4.79 Å². The van der Waals surface area contributed by atoms with Crippen LogP contribution in [0.1, 0.15) is 57.3 Å². The van der Waals surface area contributed by atoms with Crippen LogP contribution >= 0.6 is 11.6 Å². The zero-order chi connectivity index (χ0) is 21.8. The highest BCUT2D eigenvalue weighted by Gasteiger charge is 2.55.